The van der Waals surface area contributed by atoms with Gasteiger partial charge in [-0.25, -0.2) is 5.84 Å². The lowest BCUT2D eigenvalue weighted by atomic mass is 10.2. The summed E-state index contributed by atoms with van der Waals surface area (Å²) in [5.74, 6) is 5.84. The SMILES string of the molecule is COCc1cccc(Nc2nc(NN)nc(OC)n2)c1. The van der Waals surface area contributed by atoms with Gasteiger partial charge in [-0.3, -0.25) is 5.43 Å². The van der Waals surface area contributed by atoms with Crippen LogP contribution in [0.3, 0.4) is 0 Å². The van der Waals surface area contributed by atoms with Crippen molar-refractivity contribution in [3.63, 3.8) is 0 Å². The Labute approximate surface area is 116 Å². The van der Waals surface area contributed by atoms with Crippen molar-refractivity contribution in [2.75, 3.05) is 25.0 Å². The first-order chi connectivity index (χ1) is 9.75. The molecule has 0 saturated heterocycles. The van der Waals surface area contributed by atoms with Crippen LogP contribution in [-0.4, -0.2) is 29.2 Å². The molecule has 0 aliphatic carbocycles. The predicted molar refractivity (Wildman–Crippen MR) is 74.6 cm³/mol. The molecule has 1 aromatic carbocycles. The summed E-state index contributed by atoms with van der Waals surface area (Å²) in [6.45, 7) is 0.533. The molecule has 2 rings (SSSR count). The van der Waals surface area contributed by atoms with E-state index in [1.54, 1.807) is 7.11 Å². The van der Waals surface area contributed by atoms with Crippen LogP contribution in [0.2, 0.25) is 0 Å². The third-order valence-corrected chi connectivity index (χ3v) is 2.42. The monoisotopic (exact) mass is 276 g/mol. The first kappa shape index (κ1) is 14.0. The van der Waals surface area contributed by atoms with Gasteiger partial charge in [0.25, 0.3) is 0 Å². The molecule has 0 aliphatic rings. The molecular weight excluding hydrogens is 260 g/mol. The highest BCUT2D eigenvalue weighted by Crippen LogP contribution is 2.17. The zero-order valence-electron chi connectivity index (χ0n) is 11.3. The highest BCUT2D eigenvalue weighted by atomic mass is 16.5. The fourth-order valence-electron chi connectivity index (χ4n) is 1.60. The molecule has 8 heteroatoms. The minimum Gasteiger partial charge on any atom is -0.467 e. The van der Waals surface area contributed by atoms with Gasteiger partial charge in [0.05, 0.1) is 13.7 Å². The Bertz CT molecular complexity index is 555. The molecule has 0 radical (unpaired) electrons. The number of hydrazine groups is 1. The first-order valence-electron chi connectivity index (χ1n) is 5.86. The number of anilines is 3. The second-order valence-corrected chi connectivity index (χ2v) is 3.87. The fraction of sp³-hybridized carbons (Fsp3) is 0.250. The molecule has 8 nitrogen and oxygen atoms in total. The maximum absolute atomic E-state index is 5.30. The van der Waals surface area contributed by atoms with E-state index >= 15 is 0 Å². The first-order valence-corrected chi connectivity index (χ1v) is 5.86. The maximum Gasteiger partial charge on any atom is 0.322 e. The van der Waals surface area contributed by atoms with Gasteiger partial charge < -0.3 is 14.8 Å². The largest absolute Gasteiger partial charge is 0.467 e. The van der Waals surface area contributed by atoms with E-state index in [0.29, 0.717) is 12.6 Å². The maximum atomic E-state index is 5.30. The molecule has 0 aliphatic heterocycles. The average molecular weight is 276 g/mol. The number of benzene rings is 1. The van der Waals surface area contributed by atoms with Gasteiger partial charge in [0, 0.05) is 12.8 Å². The van der Waals surface area contributed by atoms with Crippen molar-refractivity contribution in [3.05, 3.63) is 29.8 Å². The lowest BCUT2D eigenvalue weighted by molar-refractivity contribution is 0.185. The molecule has 0 atom stereocenters. The lowest BCUT2D eigenvalue weighted by Crippen LogP contribution is -2.13. The number of nitrogens with zero attached hydrogens (tertiary/aromatic N) is 3. The van der Waals surface area contributed by atoms with E-state index < -0.39 is 0 Å². The molecule has 20 heavy (non-hydrogen) atoms. The summed E-state index contributed by atoms with van der Waals surface area (Å²) in [6.07, 6.45) is 0. The number of hydrogen-bond acceptors (Lipinski definition) is 8. The molecule has 1 heterocycles. The van der Waals surface area contributed by atoms with Gasteiger partial charge in [0.1, 0.15) is 0 Å². The Morgan fingerprint density at radius 2 is 1.95 bits per heavy atom. The number of nitrogens with two attached hydrogens (primary N) is 1. The summed E-state index contributed by atoms with van der Waals surface area (Å²) < 4.78 is 10.1. The summed E-state index contributed by atoms with van der Waals surface area (Å²) in [5.41, 5.74) is 4.22. The molecule has 106 valence electrons. The van der Waals surface area contributed by atoms with Crippen molar-refractivity contribution >= 4 is 17.6 Å². The van der Waals surface area contributed by atoms with Gasteiger partial charge in [-0.15, -0.1) is 0 Å². The van der Waals surface area contributed by atoms with Crippen molar-refractivity contribution in [1.82, 2.24) is 15.0 Å². The van der Waals surface area contributed by atoms with Crippen molar-refractivity contribution < 1.29 is 9.47 Å². The third kappa shape index (κ3) is 3.53. The summed E-state index contributed by atoms with van der Waals surface area (Å²) in [7, 11) is 3.12. The predicted octanol–water partition coefficient (Wildman–Crippen LogP) is 1.06. The molecule has 0 unspecified atom stereocenters. The standard InChI is InChI=1S/C12H16N6O2/c1-19-7-8-4-3-5-9(6-8)14-10-15-11(18-13)17-12(16-10)20-2/h3-6H,7,13H2,1-2H3,(H2,14,15,16,17,18). The Hall–Kier alpha value is -2.45. The van der Waals surface area contributed by atoms with Gasteiger partial charge >= 0.3 is 6.01 Å². The highest BCUT2D eigenvalue weighted by Gasteiger charge is 2.06. The number of hydrogen-bond donors (Lipinski definition) is 3. The van der Waals surface area contributed by atoms with Crippen LogP contribution in [0.5, 0.6) is 6.01 Å². The zero-order chi connectivity index (χ0) is 14.4. The number of nitrogens with one attached hydrogen (secondary N) is 2. The molecule has 2 aromatic rings. The highest BCUT2D eigenvalue weighted by molar-refractivity contribution is 5.55. The Kier molecular flexibility index (Phi) is 4.64. The van der Waals surface area contributed by atoms with E-state index in [9.17, 15) is 0 Å². The van der Waals surface area contributed by atoms with E-state index in [4.69, 9.17) is 15.3 Å². The van der Waals surface area contributed by atoms with Crippen LogP contribution < -0.4 is 21.3 Å². The molecule has 0 fully saturated rings. The molecule has 1 aromatic heterocycles. The van der Waals surface area contributed by atoms with Crippen LogP contribution >= 0.6 is 0 Å². The van der Waals surface area contributed by atoms with E-state index in [1.165, 1.54) is 7.11 Å². The minimum absolute atomic E-state index is 0.170. The summed E-state index contributed by atoms with van der Waals surface area (Å²) in [4.78, 5) is 12.1. The van der Waals surface area contributed by atoms with E-state index in [1.807, 2.05) is 24.3 Å². The van der Waals surface area contributed by atoms with Crippen LogP contribution in [0, 0.1) is 0 Å². The van der Waals surface area contributed by atoms with Crippen molar-refractivity contribution in [3.8, 4) is 6.01 Å². The summed E-state index contributed by atoms with van der Waals surface area (Å²) >= 11 is 0. The van der Waals surface area contributed by atoms with E-state index in [0.717, 1.165) is 11.3 Å². The smallest absolute Gasteiger partial charge is 0.322 e. The Balaban J connectivity index is 2.22. The second kappa shape index (κ2) is 6.64. The van der Waals surface area contributed by atoms with Crippen molar-refractivity contribution in [1.29, 1.82) is 0 Å². The summed E-state index contributed by atoms with van der Waals surface area (Å²) in [6, 6.07) is 7.89. The summed E-state index contributed by atoms with van der Waals surface area (Å²) in [5, 5.41) is 3.06. The van der Waals surface area contributed by atoms with Crippen LogP contribution in [0.4, 0.5) is 17.6 Å². The molecular formula is C12H16N6O2. The van der Waals surface area contributed by atoms with Gasteiger partial charge in [-0.05, 0) is 17.7 Å². The van der Waals surface area contributed by atoms with Crippen LogP contribution in [0.25, 0.3) is 0 Å². The topological polar surface area (TPSA) is 107 Å². The number of nitrogen functional groups attached to an aromatic ring is 1. The van der Waals surface area contributed by atoms with E-state index in [-0.39, 0.29) is 12.0 Å². The average Bonchev–Trinajstić information content (AvgIpc) is 2.47. The molecule has 4 N–H and O–H groups in total. The van der Waals surface area contributed by atoms with Crippen molar-refractivity contribution in [2.24, 2.45) is 5.84 Å². The number of ether oxygens (including phenoxy) is 2. The fourth-order valence-corrected chi connectivity index (χ4v) is 1.60. The number of aromatic nitrogens is 3. The Morgan fingerprint density at radius 3 is 2.65 bits per heavy atom. The lowest BCUT2D eigenvalue weighted by Gasteiger charge is -2.08. The molecule has 0 amide bonds. The van der Waals surface area contributed by atoms with Gasteiger partial charge in [-0.1, -0.05) is 12.1 Å². The molecule has 0 spiro atoms. The normalized spacial score (nSPS) is 10.2. The Morgan fingerprint density at radius 1 is 1.15 bits per heavy atom. The van der Waals surface area contributed by atoms with Crippen LogP contribution in [0.1, 0.15) is 5.56 Å². The number of methoxy groups -OCH3 is 2. The quantitative estimate of drug-likeness (QED) is 0.531. The molecule has 0 saturated carbocycles. The van der Waals surface area contributed by atoms with E-state index in [2.05, 4.69) is 25.7 Å². The van der Waals surface area contributed by atoms with Gasteiger partial charge in [-0.2, -0.15) is 15.0 Å². The molecule has 0 bridgehead atoms. The van der Waals surface area contributed by atoms with Crippen LogP contribution in [-0.2, 0) is 11.3 Å². The second-order valence-electron chi connectivity index (χ2n) is 3.87. The van der Waals surface area contributed by atoms with Crippen LogP contribution in [0.15, 0.2) is 24.3 Å². The third-order valence-electron chi connectivity index (χ3n) is 2.42. The zero-order valence-corrected chi connectivity index (χ0v) is 11.3. The minimum atomic E-state index is 0.170. The van der Waals surface area contributed by atoms with Gasteiger partial charge in [0.15, 0.2) is 0 Å². The van der Waals surface area contributed by atoms with Gasteiger partial charge in [0.2, 0.25) is 11.9 Å². The number of rotatable bonds is 6. The van der Waals surface area contributed by atoms with Crippen molar-refractivity contribution in [2.45, 2.75) is 6.61 Å².